The van der Waals surface area contributed by atoms with E-state index >= 15 is 0 Å². The Morgan fingerprint density at radius 3 is 3.04 bits per heavy atom. The van der Waals surface area contributed by atoms with E-state index in [9.17, 15) is 9.18 Å². The Kier molecular flexibility index (Phi) is 4.37. The van der Waals surface area contributed by atoms with E-state index in [1.54, 1.807) is 12.1 Å². The number of amides is 2. The Balaban J connectivity index is 1.33. The molecule has 6 heteroatoms. The van der Waals surface area contributed by atoms with E-state index in [4.69, 9.17) is 0 Å². The second kappa shape index (κ2) is 6.67. The molecule has 2 bridgehead atoms. The Labute approximate surface area is 147 Å². The zero-order valence-corrected chi connectivity index (χ0v) is 14.6. The molecule has 1 aromatic carbocycles. The van der Waals surface area contributed by atoms with Gasteiger partial charge in [0.15, 0.2) is 0 Å². The van der Waals surface area contributed by atoms with E-state index in [0.717, 1.165) is 36.0 Å². The highest BCUT2D eigenvalue weighted by atomic mass is 19.1. The van der Waals surface area contributed by atoms with Crippen molar-refractivity contribution < 1.29 is 9.18 Å². The van der Waals surface area contributed by atoms with Crippen LogP contribution in [0.5, 0.6) is 0 Å². The fraction of sp³-hybridized carbons (Fsp3) is 0.526. The van der Waals surface area contributed by atoms with Gasteiger partial charge in [-0.05, 0) is 56.5 Å². The molecular formula is C19H25FN4O. The summed E-state index contributed by atoms with van der Waals surface area (Å²) in [5.41, 5.74) is 1.96. The number of hydrogen-bond donors (Lipinski definition) is 2. The van der Waals surface area contributed by atoms with Crippen LogP contribution in [0.1, 0.15) is 24.8 Å². The monoisotopic (exact) mass is 344 g/mol. The third kappa shape index (κ3) is 3.23. The minimum atomic E-state index is -0.235. The summed E-state index contributed by atoms with van der Waals surface area (Å²) in [6.45, 7) is 2.20. The van der Waals surface area contributed by atoms with Crippen molar-refractivity contribution >= 4 is 16.9 Å². The van der Waals surface area contributed by atoms with E-state index in [2.05, 4.69) is 22.2 Å². The first-order valence-electron chi connectivity index (χ1n) is 9.12. The third-order valence-electron chi connectivity index (χ3n) is 5.84. The van der Waals surface area contributed by atoms with E-state index in [-0.39, 0.29) is 11.8 Å². The van der Waals surface area contributed by atoms with E-state index in [1.807, 2.05) is 11.1 Å². The summed E-state index contributed by atoms with van der Waals surface area (Å²) in [4.78, 5) is 20.1. The van der Waals surface area contributed by atoms with Crippen LogP contribution in [0.2, 0.25) is 0 Å². The molecule has 2 aliphatic rings. The molecule has 2 atom stereocenters. The second-order valence-corrected chi connectivity index (χ2v) is 7.27. The molecule has 2 aliphatic heterocycles. The first kappa shape index (κ1) is 16.4. The smallest absolute Gasteiger partial charge is 0.317 e. The van der Waals surface area contributed by atoms with Crippen LogP contribution in [0.4, 0.5) is 9.18 Å². The number of nitrogens with one attached hydrogen (secondary N) is 2. The van der Waals surface area contributed by atoms with Gasteiger partial charge in [0, 0.05) is 48.8 Å². The Morgan fingerprint density at radius 1 is 1.32 bits per heavy atom. The number of nitrogens with zero attached hydrogens (tertiary/aromatic N) is 2. The van der Waals surface area contributed by atoms with Gasteiger partial charge in [-0.1, -0.05) is 0 Å². The van der Waals surface area contributed by atoms with Gasteiger partial charge in [-0.3, -0.25) is 4.90 Å². The molecule has 1 aromatic heterocycles. The summed E-state index contributed by atoms with van der Waals surface area (Å²) in [5, 5.41) is 3.92. The summed E-state index contributed by atoms with van der Waals surface area (Å²) >= 11 is 0. The third-order valence-corrected chi connectivity index (χ3v) is 5.84. The first-order valence-corrected chi connectivity index (χ1v) is 9.12. The predicted octanol–water partition coefficient (Wildman–Crippen LogP) is 2.73. The number of benzene rings is 1. The lowest BCUT2D eigenvalue weighted by Crippen LogP contribution is -2.45. The maximum Gasteiger partial charge on any atom is 0.317 e. The highest BCUT2D eigenvalue weighted by Crippen LogP contribution is 2.28. The largest absolute Gasteiger partial charge is 0.361 e. The van der Waals surface area contributed by atoms with Crippen LogP contribution in [0, 0.1) is 5.82 Å². The summed E-state index contributed by atoms with van der Waals surface area (Å²) in [5.74, 6) is -0.235. The molecule has 134 valence electrons. The number of fused-ring (bicyclic) bond motifs is 3. The van der Waals surface area contributed by atoms with Gasteiger partial charge in [0.25, 0.3) is 0 Å². The molecule has 0 spiro atoms. The van der Waals surface area contributed by atoms with Crippen molar-refractivity contribution in [3.63, 3.8) is 0 Å². The molecule has 2 amide bonds. The van der Waals surface area contributed by atoms with Crippen molar-refractivity contribution in [3.05, 3.63) is 35.8 Å². The van der Waals surface area contributed by atoms with Crippen molar-refractivity contribution in [2.75, 3.05) is 26.7 Å². The van der Waals surface area contributed by atoms with Crippen LogP contribution in [0.3, 0.4) is 0 Å². The van der Waals surface area contributed by atoms with Gasteiger partial charge >= 0.3 is 6.03 Å². The van der Waals surface area contributed by atoms with Gasteiger partial charge in [0.05, 0.1) is 0 Å². The van der Waals surface area contributed by atoms with Crippen molar-refractivity contribution in [1.82, 2.24) is 20.1 Å². The standard InChI is InChI=1S/C19H25FN4O/c1-23-15-3-4-16(23)12-24(9-7-15)19(25)21-8-6-13-11-22-18-5-2-14(20)10-17(13)18/h2,5,10-11,15-16,22H,3-4,6-9,12H2,1H3,(H,21,25). The van der Waals surface area contributed by atoms with Crippen molar-refractivity contribution in [2.24, 2.45) is 0 Å². The van der Waals surface area contributed by atoms with Crippen molar-refractivity contribution in [1.29, 1.82) is 0 Å². The molecule has 0 radical (unpaired) electrons. The van der Waals surface area contributed by atoms with Crippen molar-refractivity contribution in [2.45, 2.75) is 37.8 Å². The minimum Gasteiger partial charge on any atom is -0.361 e. The Morgan fingerprint density at radius 2 is 2.16 bits per heavy atom. The van der Waals surface area contributed by atoms with Gasteiger partial charge in [-0.15, -0.1) is 0 Å². The predicted molar refractivity (Wildman–Crippen MR) is 96.1 cm³/mol. The van der Waals surface area contributed by atoms with Gasteiger partial charge < -0.3 is 15.2 Å². The Bertz CT molecular complexity index is 774. The number of H-pyrrole nitrogens is 1. The molecular weight excluding hydrogens is 319 g/mol. The summed E-state index contributed by atoms with van der Waals surface area (Å²) in [6.07, 6.45) is 6.09. The normalized spacial score (nSPS) is 23.8. The van der Waals surface area contributed by atoms with Gasteiger partial charge in [0.2, 0.25) is 0 Å². The average Bonchev–Trinajstić information content (AvgIpc) is 3.08. The molecule has 2 fully saturated rings. The Hall–Kier alpha value is -2.08. The second-order valence-electron chi connectivity index (χ2n) is 7.27. The maximum absolute atomic E-state index is 13.4. The lowest BCUT2D eigenvalue weighted by molar-refractivity contribution is 0.188. The van der Waals surface area contributed by atoms with Gasteiger partial charge in [-0.25, -0.2) is 9.18 Å². The highest BCUT2D eigenvalue weighted by Gasteiger charge is 2.35. The molecule has 2 saturated heterocycles. The number of halogens is 1. The number of rotatable bonds is 3. The zero-order valence-electron chi connectivity index (χ0n) is 14.6. The lowest BCUT2D eigenvalue weighted by Gasteiger charge is -2.26. The topological polar surface area (TPSA) is 51.4 Å². The van der Waals surface area contributed by atoms with Gasteiger partial charge in [0.1, 0.15) is 5.82 Å². The number of likely N-dealkylation sites (tertiary alicyclic amines) is 1. The van der Waals surface area contributed by atoms with Crippen LogP contribution in [0.25, 0.3) is 10.9 Å². The molecule has 2 unspecified atom stereocenters. The number of aromatic nitrogens is 1. The fourth-order valence-corrected chi connectivity index (χ4v) is 4.27. The molecule has 3 heterocycles. The molecule has 2 N–H and O–H groups in total. The van der Waals surface area contributed by atoms with Crippen molar-refractivity contribution in [3.8, 4) is 0 Å². The summed E-state index contributed by atoms with van der Waals surface area (Å²) in [7, 11) is 2.18. The molecule has 0 aliphatic carbocycles. The zero-order chi connectivity index (χ0) is 17.4. The SMILES string of the molecule is CN1C2CCC1CN(C(=O)NCCc1c[nH]c3ccc(F)cc13)CC2. The van der Waals surface area contributed by atoms with Crippen LogP contribution in [0.15, 0.2) is 24.4 Å². The maximum atomic E-state index is 13.4. The van der Waals surface area contributed by atoms with E-state index < -0.39 is 0 Å². The molecule has 2 aromatic rings. The molecule has 5 nitrogen and oxygen atoms in total. The first-order chi connectivity index (χ1) is 12.1. The summed E-state index contributed by atoms with van der Waals surface area (Å²) < 4.78 is 13.4. The fourth-order valence-electron chi connectivity index (χ4n) is 4.27. The number of urea groups is 1. The lowest BCUT2D eigenvalue weighted by atomic mass is 10.1. The van der Waals surface area contributed by atoms with Crippen LogP contribution in [-0.4, -0.2) is 59.6 Å². The molecule has 4 rings (SSSR count). The quantitative estimate of drug-likeness (QED) is 0.899. The van der Waals surface area contributed by atoms with E-state index in [0.29, 0.717) is 25.0 Å². The van der Waals surface area contributed by atoms with E-state index in [1.165, 1.54) is 18.9 Å². The van der Waals surface area contributed by atoms with Gasteiger partial charge in [-0.2, -0.15) is 0 Å². The van der Waals surface area contributed by atoms with Crippen LogP contribution < -0.4 is 5.32 Å². The molecule has 25 heavy (non-hydrogen) atoms. The number of carbonyl (C=O) groups excluding carboxylic acids is 1. The highest BCUT2D eigenvalue weighted by molar-refractivity contribution is 5.83. The van der Waals surface area contributed by atoms with Crippen LogP contribution >= 0.6 is 0 Å². The number of aromatic amines is 1. The number of likely N-dealkylation sites (N-methyl/N-ethyl adjacent to an activating group) is 1. The number of hydrogen-bond acceptors (Lipinski definition) is 2. The molecule has 0 saturated carbocycles. The van der Waals surface area contributed by atoms with Crippen LogP contribution in [-0.2, 0) is 6.42 Å². The number of carbonyl (C=O) groups is 1. The summed E-state index contributed by atoms with van der Waals surface area (Å²) in [6, 6.07) is 5.89. The minimum absolute atomic E-state index is 0.0203. The average molecular weight is 344 g/mol.